The Kier molecular flexibility index (Phi) is 3.27. The summed E-state index contributed by atoms with van der Waals surface area (Å²) in [6.45, 7) is 0. The molecule has 0 nitrogen and oxygen atoms in total. The van der Waals surface area contributed by atoms with E-state index >= 15 is 0 Å². The fraction of sp³-hybridized carbons (Fsp3) is 0. The predicted octanol–water partition coefficient (Wildman–Crippen LogP) is 7.97. The van der Waals surface area contributed by atoms with Gasteiger partial charge < -0.3 is 0 Å². The van der Waals surface area contributed by atoms with Gasteiger partial charge in [-0.1, -0.05) is 103 Å². The molecule has 6 aromatic carbocycles. The standard InChI is InChI=1S/C28H18/c1-2-10-19(11-3-1)27-21-13-5-4-12-20(21)18-26-24-16-7-6-14-22(24)23-15-8-9-17-25(23)28(26)27/h1-18H. The third-order valence-corrected chi connectivity index (χ3v) is 5.82. The Labute approximate surface area is 163 Å². The molecule has 0 fully saturated rings. The van der Waals surface area contributed by atoms with E-state index in [1.807, 2.05) is 0 Å². The first-order chi connectivity index (χ1) is 13.9. The van der Waals surface area contributed by atoms with E-state index in [4.69, 9.17) is 0 Å². The molecule has 0 saturated heterocycles. The van der Waals surface area contributed by atoms with Gasteiger partial charge in [0, 0.05) is 0 Å². The molecule has 0 aliphatic carbocycles. The molecular weight excluding hydrogens is 336 g/mol. The van der Waals surface area contributed by atoms with Gasteiger partial charge in [-0.2, -0.15) is 0 Å². The fourth-order valence-corrected chi connectivity index (χ4v) is 4.63. The molecular formula is C28H18. The molecule has 130 valence electrons. The summed E-state index contributed by atoms with van der Waals surface area (Å²) in [5.74, 6) is 0. The lowest BCUT2D eigenvalue weighted by Gasteiger charge is -2.17. The second-order valence-corrected chi connectivity index (χ2v) is 7.35. The second kappa shape index (κ2) is 5.94. The molecule has 0 aliphatic heterocycles. The maximum Gasteiger partial charge on any atom is -0.00139 e. The van der Waals surface area contributed by atoms with E-state index in [2.05, 4.69) is 109 Å². The summed E-state index contributed by atoms with van der Waals surface area (Å²) in [7, 11) is 0. The molecule has 0 N–H and O–H groups in total. The monoisotopic (exact) mass is 354 g/mol. The first-order valence-corrected chi connectivity index (χ1v) is 9.72. The van der Waals surface area contributed by atoms with Gasteiger partial charge in [0.2, 0.25) is 0 Å². The van der Waals surface area contributed by atoms with E-state index < -0.39 is 0 Å². The Morgan fingerprint density at radius 1 is 0.357 bits per heavy atom. The molecule has 0 radical (unpaired) electrons. The number of hydrogen-bond acceptors (Lipinski definition) is 0. The Morgan fingerprint density at radius 2 is 0.857 bits per heavy atom. The van der Waals surface area contributed by atoms with Gasteiger partial charge in [0.15, 0.2) is 0 Å². The van der Waals surface area contributed by atoms with E-state index in [0.29, 0.717) is 0 Å². The van der Waals surface area contributed by atoms with Gasteiger partial charge in [-0.3, -0.25) is 0 Å². The van der Waals surface area contributed by atoms with Crippen LogP contribution >= 0.6 is 0 Å². The molecule has 0 bridgehead atoms. The van der Waals surface area contributed by atoms with Crippen LogP contribution in [0, 0.1) is 0 Å². The van der Waals surface area contributed by atoms with Crippen LogP contribution in [0.3, 0.4) is 0 Å². The molecule has 0 aliphatic rings. The number of benzene rings is 6. The third kappa shape index (κ3) is 2.12. The number of hydrogen-bond donors (Lipinski definition) is 0. The van der Waals surface area contributed by atoms with Crippen LogP contribution in [0.15, 0.2) is 109 Å². The van der Waals surface area contributed by atoms with Crippen molar-refractivity contribution in [3.05, 3.63) is 109 Å². The SMILES string of the molecule is c1ccc(-c2c3ccccc3cc3c4ccccc4c4ccccc4c23)cc1. The molecule has 0 aromatic heterocycles. The summed E-state index contributed by atoms with van der Waals surface area (Å²) in [5.41, 5.74) is 2.60. The van der Waals surface area contributed by atoms with Crippen molar-refractivity contribution in [2.75, 3.05) is 0 Å². The zero-order chi connectivity index (χ0) is 18.5. The van der Waals surface area contributed by atoms with Gasteiger partial charge in [-0.05, 0) is 60.3 Å². The third-order valence-electron chi connectivity index (χ3n) is 5.82. The van der Waals surface area contributed by atoms with Crippen molar-refractivity contribution in [3.63, 3.8) is 0 Å². The van der Waals surface area contributed by atoms with E-state index in [9.17, 15) is 0 Å². The lowest BCUT2D eigenvalue weighted by molar-refractivity contribution is 1.68. The van der Waals surface area contributed by atoms with Gasteiger partial charge in [0.25, 0.3) is 0 Å². The van der Waals surface area contributed by atoms with Crippen molar-refractivity contribution in [1.29, 1.82) is 0 Å². The summed E-state index contributed by atoms with van der Waals surface area (Å²) in [6.07, 6.45) is 0. The molecule has 0 amide bonds. The highest BCUT2D eigenvalue weighted by Gasteiger charge is 2.15. The number of rotatable bonds is 1. The minimum atomic E-state index is 1.27. The molecule has 0 heteroatoms. The van der Waals surface area contributed by atoms with Crippen LogP contribution < -0.4 is 0 Å². The zero-order valence-electron chi connectivity index (χ0n) is 15.4. The van der Waals surface area contributed by atoms with Crippen LogP contribution in [-0.4, -0.2) is 0 Å². The highest BCUT2D eigenvalue weighted by Crippen LogP contribution is 2.43. The van der Waals surface area contributed by atoms with Crippen LogP contribution in [0.25, 0.3) is 54.2 Å². The summed E-state index contributed by atoms with van der Waals surface area (Å²) in [4.78, 5) is 0. The maximum atomic E-state index is 2.37. The Bertz CT molecular complexity index is 1490. The smallest absolute Gasteiger partial charge is 0.00139 e. The molecule has 0 atom stereocenters. The topological polar surface area (TPSA) is 0 Å². The molecule has 6 rings (SSSR count). The summed E-state index contributed by atoms with van der Waals surface area (Å²) < 4.78 is 0. The van der Waals surface area contributed by atoms with Gasteiger partial charge in [-0.15, -0.1) is 0 Å². The van der Waals surface area contributed by atoms with Crippen molar-refractivity contribution >= 4 is 43.1 Å². The van der Waals surface area contributed by atoms with E-state index in [0.717, 1.165) is 0 Å². The number of fused-ring (bicyclic) bond motifs is 7. The zero-order valence-corrected chi connectivity index (χ0v) is 15.4. The Morgan fingerprint density at radius 3 is 1.57 bits per heavy atom. The van der Waals surface area contributed by atoms with Crippen LogP contribution in [0.2, 0.25) is 0 Å². The highest BCUT2D eigenvalue weighted by molar-refractivity contribution is 6.32. The van der Waals surface area contributed by atoms with E-state index in [1.54, 1.807) is 0 Å². The molecule has 6 aromatic rings. The predicted molar refractivity (Wildman–Crippen MR) is 122 cm³/mol. The van der Waals surface area contributed by atoms with E-state index in [1.165, 1.54) is 54.2 Å². The maximum absolute atomic E-state index is 2.37. The van der Waals surface area contributed by atoms with Crippen LogP contribution in [0.4, 0.5) is 0 Å². The lowest BCUT2D eigenvalue weighted by atomic mass is 9.86. The largest absolute Gasteiger partial charge is 0.0622 e. The normalized spacial score (nSPS) is 11.6. The van der Waals surface area contributed by atoms with E-state index in [-0.39, 0.29) is 0 Å². The quantitative estimate of drug-likeness (QED) is 0.207. The van der Waals surface area contributed by atoms with Gasteiger partial charge in [-0.25, -0.2) is 0 Å². The van der Waals surface area contributed by atoms with Gasteiger partial charge in [0.1, 0.15) is 0 Å². The van der Waals surface area contributed by atoms with Gasteiger partial charge >= 0.3 is 0 Å². The molecule has 28 heavy (non-hydrogen) atoms. The van der Waals surface area contributed by atoms with Crippen LogP contribution in [0.1, 0.15) is 0 Å². The van der Waals surface area contributed by atoms with Crippen molar-refractivity contribution in [2.45, 2.75) is 0 Å². The van der Waals surface area contributed by atoms with Crippen LogP contribution in [0.5, 0.6) is 0 Å². The first kappa shape index (κ1) is 15.4. The highest BCUT2D eigenvalue weighted by atomic mass is 14.2. The Hall–Kier alpha value is -3.64. The van der Waals surface area contributed by atoms with Crippen molar-refractivity contribution in [3.8, 4) is 11.1 Å². The van der Waals surface area contributed by atoms with Crippen molar-refractivity contribution in [2.24, 2.45) is 0 Å². The molecule has 0 spiro atoms. The second-order valence-electron chi connectivity index (χ2n) is 7.35. The fourth-order valence-electron chi connectivity index (χ4n) is 4.63. The van der Waals surface area contributed by atoms with Crippen molar-refractivity contribution in [1.82, 2.24) is 0 Å². The van der Waals surface area contributed by atoms with Gasteiger partial charge in [0.05, 0.1) is 0 Å². The summed E-state index contributed by atoms with van der Waals surface area (Å²) in [5, 5.41) is 10.5. The first-order valence-electron chi connectivity index (χ1n) is 9.72. The summed E-state index contributed by atoms with van der Waals surface area (Å²) in [6, 6.07) is 39.5. The average molecular weight is 354 g/mol. The van der Waals surface area contributed by atoms with Crippen LogP contribution in [-0.2, 0) is 0 Å². The molecule has 0 unspecified atom stereocenters. The minimum Gasteiger partial charge on any atom is -0.0622 e. The summed E-state index contributed by atoms with van der Waals surface area (Å²) >= 11 is 0. The minimum absolute atomic E-state index is 1.27. The van der Waals surface area contributed by atoms with Crippen molar-refractivity contribution < 1.29 is 0 Å². The molecule has 0 saturated carbocycles. The molecule has 0 heterocycles. The Balaban J connectivity index is 2.00. The lowest BCUT2D eigenvalue weighted by Crippen LogP contribution is -1.89. The average Bonchev–Trinajstić information content (AvgIpc) is 2.78.